The molecule has 1 aromatic rings. The summed E-state index contributed by atoms with van der Waals surface area (Å²) < 4.78 is 0. The van der Waals surface area contributed by atoms with Gasteiger partial charge in [0.05, 0.1) is 4.92 Å². The van der Waals surface area contributed by atoms with Crippen molar-refractivity contribution in [2.24, 2.45) is 0 Å². The fourth-order valence-corrected chi connectivity index (χ4v) is 2.91. The van der Waals surface area contributed by atoms with Crippen molar-refractivity contribution < 1.29 is 9.72 Å². The molecule has 1 aromatic heterocycles. The third kappa shape index (κ3) is 4.17. The van der Waals surface area contributed by atoms with Crippen molar-refractivity contribution in [2.45, 2.75) is 38.1 Å². The Labute approximate surface area is 115 Å². The van der Waals surface area contributed by atoms with E-state index in [2.05, 4.69) is 5.32 Å². The Morgan fingerprint density at radius 2 is 2.11 bits per heavy atom. The van der Waals surface area contributed by atoms with Crippen LogP contribution in [0.15, 0.2) is 18.2 Å². The molecule has 1 fully saturated rings. The van der Waals surface area contributed by atoms with Gasteiger partial charge in [0, 0.05) is 23.1 Å². The molecule has 0 unspecified atom stereocenters. The van der Waals surface area contributed by atoms with Gasteiger partial charge in [-0.3, -0.25) is 14.9 Å². The summed E-state index contributed by atoms with van der Waals surface area (Å²) in [4.78, 5) is 22.5. The summed E-state index contributed by atoms with van der Waals surface area (Å²) in [6, 6.07) is 3.37. The van der Waals surface area contributed by atoms with E-state index in [1.807, 2.05) is 0 Å². The highest BCUT2D eigenvalue weighted by atomic mass is 32.1. The zero-order chi connectivity index (χ0) is 13.7. The number of carbonyl (C=O) groups excluding carboxylic acids is 1. The van der Waals surface area contributed by atoms with E-state index in [0.717, 1.165) is 24.2 Å². The van der Waals surface area contributed by atoms with E-state index in [4.69, 9.17) is 0 Å². The second kappa shape index (κ2) is 6.47. The largest absolute Gasteiger partial charge is 0.350 e. The van der Waals surface area contributed by atoms with Gasteiger partial charge in [0.1, 0.15) is 0 Å². The van der Waals surface area contributed by atoms with Gasteiger partial charge in [-0.2, -0.15) is 0 Å². The molecule has 1 heterocycles. The summed E-state index contributed by atoms with van der Waals surface area (Å²) in [6.45, 7) is 0. The molecule has 0 spiro atoms. The molecule has 1 aliphatic rings. The molecule has 102 valence electrons. The lowest BCUT2D eigenvalue weighted by atomic mass is 9.95. The number of nitrogens with one attached hydrogen (secondary N) is 1. The van der Waals surface area contributed by atoms with Crippen LogP contribution in [0.2, 0.25) is 0 Å². The van der Waals surface area contributed by atoms with Crippen molar-refractivity contribution in [3.8, 4) is 0 Å². The molecule has 5 nitrogen and oxygen atoms in total. The number of hydrogen-bond acceptors (Lipinski definition) is 4. The minimum Gasteiger partial charge on any atom is -0.350 e. The fourth-order valence-electron chi connectivity index (χ4n) is 2.18. The third-order valence-electron chi connectivity index (χ3n) is 3.14. The Morgan fingerprint density at radius 3 is 2.74 bits per heavy atom. The Hall–Kier alpha value is -1.69. The summed E-state index contributed by atoms with van der Waals surface area (Å²) in [5.74, 6) is -0.122. The topological polar surface area (TPSA) is 72.2 Å². The molecule has 1 saturated carbocycles. The van der Waals surface area contributed by atoms with Crippen LogP contribution in [0.3, 0.4) is 0 Å². The van der Waals surface area contributed by atoms with Gasteiger partial charge in [0.2, 0.25) is 5.91 Å². The van der Waals surface area contributed by atoms with Gasteiger partial charge in [-0.25, -0.2) is 0 Å². The molecule has 0 aromatic carbocycles. The number of rotatable bonds is 4. The van der Waals surface area contributed by atoms with Crippen LogP contribution in [-0.2, 0) is 4.79 Å². The maximum Gasteiger partial charge on any atom is 0.324 e. The van der Waals surface area contributed by atoms with Gasteiger partial charge in [-0.15, -0.1) is 0 Å². The molecule has 2 rings (SSSR count). The molecular formula is C13H16N2O3S. The number of amides is 1. The SMILES string of the molecule is O=C(/C=C/c1ccc([N+](=O)[O-])s1)NC1CCCCC1. The van der Waals surface area contributed by atoms with Gasteiger partial charge in [-0.1, -0.05) is 30.6 Å². The van der Waals surface area contributed by atoms with E-state index in [0.29, 0.717) is 4.88 Å². The van der Waals surface area contributed by atoms with Crippen molar-refractivity contribution in [3.05, 3.63) is 33.2 Å². The second-order valence-electron chi connectivity index (χ2n) is 4.61. The van der Waals surface area contributed by atoms with E-state index in [1.54, 1.807) is 12.1 Å². The Morgan fingerprint density at radius 1 is 1.37 bits per heavy atom. The number of nitrogens with zero attached hydrogens (tertiary/aromatic N) is 1. The average Bonchev–Trinajstić information content (AvgIpc) is 2.86. The normalized spacial score (nSPS) is 16.6. The maximum atomic E-state index is 11.7. The molecule has 1 amide bonds. The van der Waals surface area contributed by atoms with Gasteiger partial charge in [0.25, 0.3) is 0 Å². The molecule has 19 heavy (non-hydrogen) atoms. The van der Waals surface area contributed by atoms with Crippen LogP contribution in [0.1, 0.15) is 37.0 Å². The predicted molar refractivity (Wildman–Crippen MR) is 75.0 cm³/mol. The molecule has 1 N–H and O–H groups in total. The lowest BCUT2D eigenvalue weighted by Crippen LogP contribution is -2.34. The standard InChI is InChI=1S/C13H16N2O3S/c16-12(14-10-4-2-1-3-5-10)8-6-11-7-9-13(19-11)15(17)18/h6-10H,1-5H2,(H,14,16)/b8-6+. The fraction of sp³-hybridized carbons (Fsp3) is 0.462. The first kappa shape index (κ1) is 13.7. The smallest absolute Gasteiger partial charge is 0.324 e. The molecule has 0 bridgehead atoms. The van der Waals surface area contributed by atoms with Crippen molar-refractivity contribution >= 4 is 28.3 Å². The summed E-state index contributed by atoms with van der Waals surface area (Å²) in [5.41, 5.74) is 0. The Bertz CT molecular complexity index is 490. The van der Waals surface area contributed by atoms with Gasteiger partial charge >= 0.3 is 5.00 Å². The minimum atomic E-state index is -0.426. The Kier molecular flexibility index (Phi) is 4.68. The minimum absolute atomic E-state index is 0.0901. The van der Waals surface area contributed by atoms with Crippen LogP contribution >= 0.6 is 11.3 Å². The van der Waals surface area contributed by atoms with Gasteiger partial charge < -0.3 is 5.32 Å². The van der Waals surface area contributed by atoms with E-state index < -0.39 is 4.92 Å². The lowest BCUT2D eigenvalue weighted by Gasteiger charge is -2.21. The van der Waals surface area contributed by atoms with Crippen LogP contribution < -0.4 is 5.32 Å². The number of thiophene rings is 1. The zero-order valence-corrected chi connectivity index (χ0v) is 11.3. The molecular weight excluding hydrogens is 264 g/mol. The number of nitro groups is 1. The lowest BCUT2D eigenvalue weighted by molar-refractivity contribution is -0.380. The first-order chi connectivity index (χ1) is 9.15. The van der Waals surface area contributed by atoms with Crippen LogP contribution in [-0.4, -0.2) is 16.9 Å². The molecule has 0 aliphatic heterocycles. The summed E-state index contributed by atoms with van der Waals surface area (Å²) in [6.07, 6.45) is 8.76. The van der Waals surface area contributed by atoms with E-state index in [1.165, 1.54) is 31.4 Å². The molecule has 6 heteroatoms. The number of carbonyl (C=O) groups is 1. The highest BCUT2D eigenvalue weighted by Gasteiger charge is 2.14. The molecule has 0 saturated heterocycles. The highest BCUT2D eigenvalue weighted by molar-refractivity contribution is 7.16. The highest BCUT2D eigenvalue weighted by Crippen LogP contribution is 2.24. The van der Waals surface area contributed by atoms with E-state index >= 15 is 0 Å². The van der Waals surface area contributed by atoms with Crippen molar-refractivity contribution in [3.63, 3.8) is 0 Å². The van der Waals surface area contributed by atoms with Crippen LogP contribution in [0.4, 0.5) is 5.00 Å². The second-order valence-corrected chi connectivity index (χ2v) is 5.70. The Balaban J connectivity index is 1.86. The summed E-state index contributed by atoms with van der Waals surface area (Å²) >= 11 is 1.06. The summed E-state index contributed by atoms with van der Waals surface area (Å²) in [7, 11) is 0. The van der Waals surface area contributed by atoms with Crippen molar-refractivity contribution in [2.75, 3.05) is 0 Å². The number of hydrogen-bond donors (Lipinski definition) is 1. The first-order valence-electron chi connectivity index (χ1n) is 6.38. The maximum absolute atomic E-state index is 11.7. The first-order valence-corrected chi connectivity index (χ1v) is 7.19. The summed E-state index contributed by atoms with van der Waals surface area (Å²) in [5, 5.41) is 13.6. The molecule has 0 radical (unpaired) electrons. The van der Waals surface area contributed by atoms with Crippen molar-refractivity contribution in [1.29, 1.82) is 0 Å². The van der Waals surface area contributed by atoms with E-state index in [-0.39, 0.29) is 17.0 Å². The van der Waals surface area contributed by atoms with Crippen LogP contribution in [0.25, 0.3) is 6.08 Å². The molecule has 1 aliphatic carbocycles. The van der Waals surface area contributed by atoms with Crippen LogP contribution in [0.5, 0.6) is 0 Å². The van der Waals surface area contributed by atoms with Crippen LogP contribution in [0, 0.1) is 10.1 Å². The van der Waals surface area contributed by atoms with Gasteiger partial charge in [-0.05, 0) is 25.0 Å². The molecule has 0 atom stereocenters. The van der Waals surface area contributed by atoms with E-state index in [9.17, 15) is 14.9 Å². The monoisotopic (exact) mass is 280 g/mol. The third-order valence-corrected chi connectivity index (χ3v) is 4.15. The average molecular weight is 280 g/mol. The predicted octanol–water partition coefficient (Wildman–Crippen LogP) is 3.12. The van der Waals surface area contributed by atoms with Crippen molar-refractivity contribution in [1.82, 2.24) is 5.32 Å². The van der Waals surface area contributed by atoms with Gasteiger partial charge in [0.15, 0.2) is 0 Å². The quantitative estimate of drug-likeness (QED) is 0.523. The zero-order valence-electron chi connectivity index (χ0n) is 10.5.